The van der Waals surface area contributed by atoms with Crippen molar-refractivity contribution in [1.82, 2.24) is 14.9 Å². The van der Waals surface area contributed by atoms with Crippen molar-refractivity contribution >= 4 is 0 Å². The molecule has 5 nitrogen and oxygen atoms in total. The number of likely N-dealkylation sites (tertiary alicyclic amines) is 1. The topological polar surface area (TPSA) is 50.4 Å². The molecule has 118 valence electrons. The zero-order valence-corrected chi connectivity index (χ0v) is 12.6. The average Bonchev–Trinajstić information content (AvgIpc) is 3.16. The van der Waals surface area contributed by atoms with Crippen LogP contribution in [0, 0.1) is 5.82 Å². The Morgan fingerprint density at radius 1 is 1.45 bits per heavy atom. The summed E-state index contributed by atoms with van der Waals surface area (Å²) in [6.45, 7) is 2.85. The molecule has 1 aliphatic rings. The zero-order valence-electron chi connectivity index (χ0n) is 12.6. The molecule has 0 spiro atoms. The normalized spacial score (nSPS) is 22.1. The maximum atomic E-state index is 13.2. The van der Waals surface area contributed by atoms with Crippen molar-refractivity contribution in [2.45, 2.75) is 18.6 Å². The minimum absolute atomic E-state index is 0.296. The lowest BCUT2D eigenvalue weighted by Gasteiger charge is -2.28. The highest BCUT2D eigenvalue weighted by Crippen LogP contribution is 2.27. The van der Waals surface area contributed by atoms with Crippen LogP contribution in [0.4, 0.5) is 4.39 Å². The van der Waals surface area contributed by atoms with E-state index in [4.69, 9.17) is 9.47 Å². The highest BCUT2D eigenvalue weighted by Gasteiger charge is 2.39. The minimum atomic E-state index is -0.362. The van der Waals surface area contributed by atoms with Crippen molar-refractivity contribution in [3.05, 3.63) is 48.3 Å². The van der Waals surface area contributed by atoms with Crippen molar-refractivity contribution in [1.29, 1.82) is 0 Å². The molecule has 2 heterocycles. The van der Waals surface area contributed by atoms with Crippen LogP contribution >= 0.6 is 0 Å². The van der Waals surface area contributed by atoms with Gasteiger partial charge in [-0.15, -0.1) is 0 Å². The molecule has 1 aromatic heterocycles. The average molecular weight is 305 g/mol. The number of H-pyrrole nitrogens is 1. The molecule has 0 aliphatic carbocycles. The molecular formula is C16H20FN3O2. The summed E-state index contributed by atoms with van der Waals surface area (Å²) in [4.78, 5) is 9.63. The van der Waals surface area contributed by atoms with Crippen LogP contribution in [-0.4, -0.2) is 47.3 Å². The smallest absolute Gasteiger partial charge is 0.126 e. The molecule has 3 rings (SSSR count). The van der Waals surface area contributed by atoms with Gasteiger partial charge in [0.15, 0.2) is 0 Å². The maximum absolute atomic E-state index is 13.2. The molecule has 6 heteroatoms. The Labute approximate surface area is 129 Å². The Morgan fingerprint density at radius 3 is 3.09 bits per heavy atom. The van der Waals surface area contributed by atoms with Crippen LogP contribution in [0.25, 0.3) is 0 Å². The molecule has 0 radical (unpaired) electrons. The summed E-state index contributed by atoms with van der Waals surface area (Å²) < 4.78 is 24.6. The number of ether oxygens (including phenoxy) is 2. The molecule has 0 amide bonds. The lowest BCUT2D eigenvalue weighted by atomic mass is 10.0. The lowest BCUT2D eigenvalue weighted by molar-refractivity contribution is -0.0361. The van der Waals surface area contributed by atoms with Crippen molar-refractivity contribution in [2.24, 2.45) is 0 Å². The van der Waals surface area contributed by atoms with Crippen LogP contribution in [-0.2, 0) is 11.3 Å². The first-order valence-corrected chi connectivity index (χ1v) is 7.33. The van der Waals surface area contributed by atoms with E-state index < -0.39 is 0 Å². The van der Waals surface area contributed by atoms with E-state index in [-0.39, 0.29) is 11.4 Å². The largest absolute Gasteiger partial charge is 0.490 e. The van der Waals surface area contributed by atoms with Gasteiger partial charge in [-0.25, -0.2) is 9.37 Å². The van der Waals surface area contributed by atoms with Crippen molar-refractivity contribution in [2.75, 3.05) is 26.8 Å². The van der Waals surface area contributed by atoms with Gasteiger partial charge in [0, 0.05) is 38.7 Å². The molecule has 1 aromatic carbocycles. The Morgan fingerprint density at radius 2 is 2.36 bits per heavy atom. The predicted octanol–water partition coefficient (Wildman–Crippen LogP) is 2.22. The number of aromatic nitrogens is 2. The van der Waals surface area contributed by atoms with E-state index >= 15 is 0 Å². The van der Waals surface area contributed by atoms with Gasteiger partial charge >= 0.3 is 0 Å². The highest BCUT2D eigenvalue weighted by molar-refractivity contribution is 5.22. The Balaban J connectivity index is 1.58. The first-order valence-electron chi connectivity index (χ1n) is 7.33. The number of aromatic amines is 1. The van der Waals surface area contributed by atoms with E-state index in [9.17, 15) is 4.39 Å². The van der Waals surface area contributed by atoms with Gasteiger partial charge in [0.1, 0.15) is 29.6 Å². The second-order valence-electron chi connectivity index (χ2n) is 5.63. The molecule has 0 bridgehead atoms. The third kappa shape index (κ3) is 3.45. The predicted molar refractivity (Wildman–Crippen MR) is 80.1 cm³/mol. The van der Waals surface area contributed by atoms with Crippen LogP contribution in [0.5, 0.6) is 5.75 Å². The fourth-order valence-corrected chi connectivity index (χ4v) is 2.77. The fraction of sp³-hybridized carbons (Fsp3) is 0.438. The van der Waals surface area contributed by atoms with Gasteiger partial charge < -0.3 is 14.5 Å². The molecule has 0 saturated carbocycles. The van der Waals surface area contributed by atoms with E-state index in [1.165, 1.54) is 12.1 Å². The summed E-state index contributed by atoms with van der Waals surface area (Å²) in [5, 5.41) is 0. The van der Waals surface area contributed by atoms with Crippen LogP contribution in [0.1, 0.15) is 12.2 Å². The molecule has 1 saturated heterocycles. The number of hydrogen-bond donors (Lipinski definition) is 1. The monoisotopic (exact) mass is 305 g/mol. The molecule has 0 unspecified atom stereocenters. The van der Waals surface area contributed by atoms with Crippen molar-refractivity contribution in [3.63, 3.8) is 0 Å². The van der Waals surface area contributed by atoms with E-state index in [0.717, 1.165) is 31.9 Å². The number of benzene rings is 1. The van der Waals surface area contributed by atoms with Gasteiger partial charge in [-0.2, -0.15) is 0 Å². The molecule has 1 fully saturated rings. The van der Waals surface area contributed by atoms with E-state index in [1.54, 1.807) is 25.4 Å². The van der Waals surface area contributed by atoms with Crippen LogP contribution < -0.4 is 4.74 Å². The molecule has 22 heavy (non-hydrogen) atoms. The summed E-state index contributed by atoms with van der Waals surface area (Å²) in [6, 6.07) is 6.18. The van der Waals surface area contributed by atoms with Gasteiger partial charge in [0.05, 0.1) is 6.54 Å². The van der Waals surface area contributed by atoms with Crippen molar-refractivity contribution < 1.29 is 13.9 Å². The van der Waals surface area contributed by atoms with Gasteiger partial charge in [0.25, 0.3) is 0 Å². The summed E-state index contributed by atoms with van der Waals surface area (Å²) >= 11 is 0. The summed E-state index contributed by atoms with van der Waals surface area (Å²) in [5.41, 5.74) is -0.362. The zero-order chi connectivity index (χ0) is 15.4. The summed E-state index contributed by atoms with van der Waals surface area (Å²) in [7, 11) is 1.70. The number of hydrogen-bond acceptors (Lipinski definition) is 4. The van der Waals surface area contributed by atoms with Gasteiger partial charge in [-0.1, -0.05) is 6.07 Å². The Hall–Kier alpha value is -1.92. The van der Waals surface area contributed by atoms with Crippen LogP contribution in [0.2, 0.25) is 0 Å². The molecule has 1 atom stereocenters. The number of nitrogens with zero attached hydrogens (tertiary/aromatic N) is 2. The number of rotatable bonds is 6. The minimum Gasteiger partial charge on any atom is -0.490 e. The second-order valence-corrected chi connectivity index (χ2v) is 5.63. The summed E-state index contributed by atoms with van der Waals surface area (Å²) in [5.74, 6) is 1.17. The summed E-state index contributed by atoms with van der Waals surface area (Å²) in [6.07, 6.45) is 4.45. The first-order chi connectivity index (χ1) is 10.7. The fourth-order valence-electron chi connectivity index (χ4n) is 2.77. The quantitative estimate of drug-likeness (QED) is 0.889. The van der Waals surface area contributed by atoms with E-state index in [1.807, 2.05) is 6.20 Å². The molecular weight excluding hydrogens is 285 g/mol. The number of nitrogens with one attached hydrogen (secondary N) is 1. The van der Waals surface area contributed by atoms with Gasteiger partial charge in [0.2, 0.25) is 0 Å². The standard InChI is InChI=1S/C16H20FN3O2/c1-21-16(12-22-14-4-2-3-13(17)9-14)5-8-20(11-16)10-15-18-6-7-19-15/h2-4,6-7,9H,5,8,10-12H2,1H3,(H,18,19)/t16-/m0/s1. The third-order valence-electron chi connectivity index (χ3n) is 4.05. The number of methoxy groups -OCH3 is 1. The van der Waals surface area contributed by atoms with E-state index in [0.29, 0.717) is 12.4 Å². The van der Waals surface area contributed by atoms with Gasteiger partial charge in [-0.3, -0.25) is 4.90 Å². The maximum Gasteiger partial charge on any atom is 0.126 e. The molecule has 1 aliphatic heterocycles. The highest BCUT2D eigenvalue weighted by atomic mass is 19.1. The second kappa shape index (κ2) is 6.46. The third-order valence-corrected chi connectivity index (χ3v) is 4.05. The number of imidazole rings is 1. The number of halogens is 1. The van der Waals surface area contributed by atoms with Crippen LogP contribution in [0.3, 0.4) is 0 Å². The lowest BCUT2D eigenvalue weighted by Crippen LogP contribution is -2.41. The Kier molecular flexibility index (Phi) is 4.40. The SMILES string of the molecule is CO[C@@]1(COc2cccc(F)c2)CCN(Cc2ncc[nH]2)C1. The van der Waals surface area contributed by atoms with E-state index in [2.05, 4.69) is 14.9 Å². The van der Waals surface area contributed by atoms with Crippen molar-refractivity contribution in [3.8, 4) is 5.75 Å². The first kappa shape index (κ1) is 15.0. The van der Waals surface area contributed by atoms with Crippen LogP contribution in [0.15, 0.2) is 36.7 Å². The molecule has 1 N–H and O–H groups in total. The molecule has 2 aromatic rings. The Bertz CT molecular complexity index is 605. The van der Waals surface area contributed by atoms with Gasteiger partial charge in [-0.05, 0) is 18.6 Å².